The van der Waals surface area contributed by atoms with Gasteiger partial charge in [0.1, 0.15) is 0 Å². The SMILES string of the molecule is NC(=O)c1ccc(N2CCC(C(=O)O)CC2)c(Br)c1. The Balaban J connectivity index is 2.11. The van der Waals surface area contributed by atoms with E-state index in [9.17, 15) is 9.59 Å². The van der Waals surface area contributed by atoms with E-state index in [2.05, 4.69) is 20.8 Å². The molecule has 2 rings (SSSR count). The van der Waals surface area contributed by atoms with Gasteiger partial charge < -0.3 is 15.7 Å². The van der Waals surface area contributed by atoms with Gasteiger partial charge in [0.05, 0.1) is 11.6 Å². The number of hydrogen-bond acceptors (Lipinski definition) is 3. The maximum Gasteiger partial charge on any atom is 0.306 e. The van der Waals surface area contributed by atoms with E-state index >= 15 is 0 Å². The van der Waals surface area contributed by atoms with Crippen molar-refractivity contribution in [1.82, 2.24) is 0 Å². The van der Waals surface area contributed by atoms with Gasteiger partial charge in [0.15, 0.2) is 0 Å². The van der Waals surface area contributed by atoms with Gasteiger partial charge in [-0.2, -0.15) is 0 Å². The smallest absolute Gasteiger partial charge is 0.306 e. The average molecular weight is 327 g/mol. The number of piperidine rings is 1. The first-order chi connectivity index (χ1) is 8.99. The molecule has 6 heteroatoms. The Morgan fingerprint density at radius 3 is 2.42 bits per heavy atom. The Labute approximate surface area is 119 Å². The molecular formula is C13H15BrN2O3. The summed E-state index contributed by atoms with van der Waals surface area (Å²) < 4.78 is 0.803. The zero-order valence-electron chi connectivity index (χ0n) is 10.3. The maximum atomic E-state index is 11.1. The second-order valence-electron chi connectivity index (χ2n) is 4.63. The van der Waals surface area contributed by atoms with Gasteiger partial charge in [-0.25, -0.2) is 0 Å². The van der Waals surface area contributed by atoms with Crippen molar-refractivity contribution >= 4 is 33.5 Å². The summed E-state index contributed by atoms with van der Waals surface area (Å²) in [4.78, 5) is 24.1. The molecule has 0 aromatic heterocycles. The number of carboxylic acid groups (broad SMARTS) is 1. The minimum absolute atomic E-state index is 0.250. The van der Waals surface area contributed by atoms with Gasteiger partial charge in [-0.15, -0.1) is 0 Å². The van der Waals surface area contributed by atoms with Crippen molar-refractivity contribution in [2.24, 2.45) is 11.7 Å². The molecule has 0 unspecified atom stereocenters. The highest BCUT2D eigenvalue weighted by atomic mass is 79.9. The number of carbonyl (C=O) groups is 2. The molecular weight excluding hydrogens is 312 g/mol. The van der Waals surface area contributed by atoms with Gasteiger partial charge in [-0.05, 0) is 47.0 Å². The third-order valence-electron chi connectivity index (χ3n) is 3.42. The van der Waals surface area contributed by atoms with Crippen LogP contribution < -0.4 is 10.6 Å². The van der Waals surface area contributed by atoms with E-state index in [-0.39, 0.29) is 5.92 Å². The van der Waals surface area contributed by atoms with Crippen LogP contribution in [0.2, 0.25) is 0 Å². The van der Waals surface area contributed by atoms with Gasteiger partial charge in [0.2, 0.25) is 5.91 Å². The molecule has 5 nitrogen and oxygen atoms in total. The Kier molecular flexibility index (Phi) is 4.09. The van der Waals surface area contributed by atoms with Crippen molar-refractivity contribution in [3.05, 3.63) is 28.2 Å². The number of amides is 1. The molecule has 0 spiro atoms. The number of aliphatic carboxylic acids is 1. The van der Waals surface area contributed by atoms with Crippen molar-refractivity contribution in [2.45, 2.75) is 12.8 Å². The molecule has 1 aromatic rings. The predicted molar refractivity (Wildman–Crippen MR) is 75.2 cm³/mol. The fourth-order valence-corrected chi connectivity index (χ4v) is 2.91. The zero-order valence-corrected chi connectivity index (χ0v) is 11.9. The second kappa shape index (κ2) is 5.61. The van der Waals surface area contributed by atoms with Crippen molar-refractivity contribution in [3.63, 3.8) is 0 Å². The number of carbonyl (C=O) groups excluding carboxylic acids is 1. The van der Waals surface area contributed by atoms with Gasteiger partial charge >= 0.3 is 5.97 Å². The molecule has 1 fully saturated rings. The lowest BCUT2D eigenvalue weighted by molar-refractivity contribution is -0.142. The first kappa shape index (κ1) is 13.9. The third kappa shape index (κ3) is 3.07. The Morgan fingerprint density at radius 1 is 1.32 bits per heavy atom. The van der Waals surface area contributed by atoms with Crippen LogP contribution in [-0.4, -0.2) is 30.1 Å². The molecule has 1 heterocycles. The standard InChI is InChI=1S/C13H15BrN2O3/c14-10-7-9(12(15)17)1-2-11(10)16-5-3-8(4-6-16)13(18)19/h1-2,7-8H,3-6H2,(H2,15,17)(H,18,19). The highest BCUT2D eigenvalue weighted by Gasteiger charge is 2.25. The molecule has 3 N–H and O–H groups in total. The van der Waals surface area contributed by atoms with Crippen molar-refractivity contribution in [1.29, 1.82) is 0 Å². The number of halogens is 1. The summed E-state index contributed by atoms with van der Waals surface area (Å²) in [7, 11) is 0. The number of nitrogens with two attached hydrogens (primary N) is 1. The molecule has 0 radical (unpaired) electrons. The fourth-order valence-electron chi connectivity index (χ4n) is 2.28. The molecule has 102 valence electrons. The van der Waals surface area contributed by atoms with E-state index in [1.54, 1.807) is 12.1 Å². The number of primary amides is 1. The summed E-state index contributed by atoms with van der Waals surface area (Å²) in [6, 6.07) is 5.22. The van der Waals surface area contributed by atoms with Crippen molar-refractivity contribution < 1.29 is 14.7 Å². The Bertz CT molecular complexity index is 511. The minimum atomic E-state index is -0.720. The summed E-state index contributed by atoms with van der Waals surface area (Å²) in [5, 5.41) is 8.97. The number of hydrogen-bond donors (Lipinski definition) is 2. The number of benzene rings is 1. The molecule has 1 aromatic carbocycles. The summed E-state index contributed by atoms with van der Waals surface area (Å²) in [6.45, 7) is 1.40. The Hall–Kier alpha value is -1.56. The second-order valence-corrected chi connectivity index (χ2v) is 5.48. The fraction of sp³-hybridized carbons (Fsp3) is 0.385. The normalized spacial score (nSPS) is 16.4. The highest BCUT2D eigenvalue weighted by molar-refractivity contribution is 9.10. The molecule has 19 heavy (non-hydrogen) atoms. The van der Waals surface area contributed by atoms with Gasteiger partial charge in [0, 0.05) is 23.1 Å². The van der Waals surface area contributed by atoms with E-state index in [1.165, 1.54) is 0 Å². The molecule has 1 amide bonds. The predicted octanol–water partition coefficient (Wildman–Crippen LogP) is 1.85. The summed E-state index contributed by atoms with van der Waals surface area (Å²) in [5.74, 6) is -1.43. The number of rotatable bonds is 3. The average Bonchev–Trinajstić information content (AvgIpc) is 2.38. The van der Waals surface area contributed by atoms with Crippen LogP contribution in [0.15, 0.2) is 22.7 Å². The molecule has 1 saturated heterocycles. The van der Waals surface area contributed by atoms with E-state index in [0.717, 1.165) is 10.2 Å². The summed E-state index contributed by atoms with van der Waals surface area (Å²) in [6.07, 6.45) is 1.28. The summed E-state index contributed by atoms with van der Waals surface area (Å²) in [5.41, 5.74) is 6.65. The minimum Gasteiger partial charge on any atom is -0.481 e. The van der Waals surface area contributed by atoms with Crippen LogP contribution >= 0.6 is 15.9 Å². The third-order valence-corrected chi connectivity index (χ3v) is 4.05. The van der Waals surface area contributed by atoms with E-state index in [4.69, 9.17) is 10.8 Å². The molecule has 1 aliphatic heterocycles. The quantitative estimate of drug-likeness (QED) is 0.887. The topological polar surface area (TPSA) is 83.6 Å². The zero-order chi connectivity index (χ0) is 14.0. The first-order valence-corrected chi connectivity index (χ1v) is 6.85. The van der Waals surface area contributed by atoms with Crippen LogP contribution in [0.4, 0.5) is 5.69 Å². The van der Waals surface area contributed by atoms with Crippen molar-refractivity contribution in [2.75, 3.05) is 18.0 Å². The summed E-state index contributed by atoms with van der Waals surface area (Å²) >= 11 is 3.43. The van der Waals surface area contributed by atoms with Crippen LogP contribution in [0.5, 0.6) is 0 Å². The molecule has 0 bridgehead atoms. The molecule has 0 aliphatic carbocycles. The largest absolute Gasteiger partial charge is 0.481 e. The highest BCUT2D eigenvalue weighted by Crippen LogP contribution is 2.30. The maximum absolute atomic E-state index is 11.1. The number of anilines is 1. The first-order valence-electron chi connectivity index (χ1n) is 6.06. The lowest BCUT2D eigenvalue weighted by Gasteiger charge is -2.32. The van der Waals surface area contributed by atoms with E-state index in [1.807, 2.05) is 6.07 Å². The molecule has 0 saturated carbocycles. The van der Waals surface area contributed by atoms with Gasteiger partial charge in [-0.3, -0.25) is 9.59 Å². The van der Waals surface area contributed by atoms with Crippen LogP contribution in [0, 0.1) is 5.92 Å². The van der Waals surface area contributed by atoms with E-state index in [0.29, 0.717) is 31.5 Å². The van der Waals surface area contributed by atoms with E-state index < -0.39 is 11.9 Å². The molecule has 1 aliphatic rings. The number of carboxylic acids is 1. The van der Waals surface area contributed by atoms with Crippen LogP contribution in [0.25, 0.3) is 0 Å². The molecule has 0 atom stereocenters. The Morgan fingerprint density at radius 2 is 1.95 bits per heavy atom. The van der Waals surface area contributed by atoms with Gasteiger partial charge in [0.25, 0.3) is 0 Å². The lowest BCUT2D eigenvalue weighted by Crippen LogP contribution is -2.36. The van der Waals surface area contributed by atoms with Gasteiger partial charge in [-0.1, -0.05) is 0 Å². The number of nitrogens with zero attached hydrogens (tertiary/aromatic N) is 1. The van der Waals surface area contributed by atoms with Crippen LogP contribution in [0.1, 0.15) is 23.2 Å². The monoisotopic (exact) mass is 326 g/mol. The van der Waals surface area contributed by atoms with Crippen molar-refractivity contribution in [3.8, 4) is 0 Å². The van der Waals surface area contributed by atoms with Crippen LogP contribution in [-0.2, 0) is 4.79 Å². The van der Waals surface area contributed by atoms with Crippen LogP contribution in [0.3, 0.4) is 0 Å². The lowest BCUT2D eigenvalue weighted by atomic mass is 9.96.